The van der Waals surface area contributed by atoms with Gasteiger partial charge in [-0.15, -0.1) is 0 Å². The van der Waals surface area contributed by atoms with Gasteiger partial charge in [-0.2, -0.15) is 0 Å². The van der Waals surface area contributed by atoms with Gasteiger partial charge >= 0.3 is 0 Å². The molecule has 0 bridgehead atoms. The van der Waals surface area contributed by atoms with Crippen molar-refractivity contribution < 1.29 is 4.39 Å². The average Bonchev–Trinajstić information content (AvgIpc) is 2.36. The quantitative estimate of drug-likeness (QED) is 0.792. The van der Waals surface area contributed by atoms with Crippen LogP contribution in [0.25, 0.3) is 0 Å². The Bertz CT molecular complexity index is 597. The minimum atomic E-state index is -0.249. The van der Waals surface area contributed by atoms with E-state index in [1.54, 1.807) is 6.07 Å². The van der Waals surface area contributed by atoms with E-state index in [0.717, 1.165) is 22.5 Å². The fraction of sp³-hybridized carbons (Fsp3) is 0.188. The van der Waals surface area contributed by atoms with Gasteiger partial charge in [-0.25, -0.2) is 4.39 Å². The maximum Gasteiger partial charge on any atom is 0.175 e. The molecule has 0 fully saturated rings. The first-order chi connectivity index (χ1) is 9.45. The minimum Gasteiger partial charge on any atom is -0.332 e. The lowest BCUT2D eigenvalue weighted by Crippen LogP contribution is -2.20. The molecular weight excluding hydrogens is 271 g/mol. The number of hydrogen-bond donors (Lipinski definition) is 2. The molecule has 0 unspecified atom stereocenters. The van der Waals surface area contributed by atoms with Crippen LogP contribution in [0.1, 0.15) is 16.7 Å². The van der Waals surface area contributed by atoms with Crippen molar-refractivity contribution >= 4 is 28.7 Å². The van der Waals surface area contributed by atoms with Gasteiger partial charge in [0.15, 0.2) is 5.11 Å². The first-order valence-corrected chi connectivity index (χ1v) is 6.78. The van der Waals surface area contributed by atoms with Crippen molar-refractivity contribution in [2.24, 2.45) is 0 Å². The Kier molecular flexibility index (Phi) is 4.35. The van der Waals surface area contributed by atoms with Gasteiger partial charge in [0.05, 0.1) is 0 Å². The van der Waals surface area contributed by atoms with Crippen LogP contribution in [0.3, 0.4) is 0 Å². The summed E-state index contributed by atoms with van der Waals surface area (Å²) in [6.45, 7) is 5.92. The van der Waals surface area contributed by atoms with E-state index in [2.05, 4.69) is 23.6 Å². The van der Waals surface area contributed by atoms with E-state index in [-0.39, 0.29) is 5.82 Å². The topological polar surface area (TPSA) is 24.1 Å². The molecule has 2 aromatic rings. The fourth-order valence-electron chi connectivity index (χ4n) is 2.00. The van der Waals surface area contributed by atoms with Gasteiger partial charge < -0.3 is 10.6 Å². The summed E-state index contributed by atoms with van der Waals surface area (Å²) >= 11 is 5.29. The Morgan fingerprint density at radius 3 is 2.00 bits per heavy atom. The molecule has 4 heteroatoms. The number of benzene rings is 2. The molecule has 0 aliphatic rings. The van der Waals surface area contributed by atoms with Gasteiger partial charge in [-0.05, 0) is 68.4 Å². The predicted octanol–water partition coefficient (Wildman–Crippen LogP) is 4.56. The van der Waals surface area contributed by atoms with Crippen LogP contribution in [0, 0.1) is 26.6 Å². The summed E-state index contributed by atoms with van der Waals surface area (Å²) in [6.07, 6.45) is 0. The SMILES string of the molecule is Cc1ccc(NC(=S)Nc2ccc(F)cc2C)c(C)c1. The molecule has 0 saturated heterocycles. The van der Waals surface area contributed by atoms with Gasteiger partial charge in [-0.3, -0.25) is 0 Å². The van der Waals surface area contributed by atoms with Crippen molar-refractivity contribution in [1.29, 1.82) is 0 Å². The summed E-state index contributed by atoms with van der Waals surface area (Å²) in [4.78, 5) is 0. The maximum absolute atomic E-state index is 13.0. The monoisotopic (exact) mass is 288 g/mol. The third kappa shape index (κ3) is 3.54. The van der Waals surface area contributed by atoms with Crippen molar-refractivity contribution in [3.05, 3.63) is 58.9 Å². The zero-order chi connectivity index (χ0) is 14.7. The van der Waals surface area contributed by atoms with Crippen LogP contribution < -0.4 is 10.6 Å². The largest absolute Gasteiger partial charge is 0.332 e. The molecule has 0 atom stereocenters. The molecule has 2 nitrogen and oxygen atoms in total. The van der Waals surface area contributed by atoms with Crippen molar-refractivity contribution in [2.45, 2.75) is 20.8 Å². The molecule has 2 rings (SSSR count). The van der Waals surface area contributed by atoms with Gasteiger partial charge in [0.2, 0.25) is 0 Å². The number of nitrogens with one attached hydrogen (secondary N) is 2. The molecule has 0 aliphatic carbocycles. The van der Waals surface area contributed by atoms with E-state index >= 15 is 0 Å². The third-order valence-corrected chi connectivity index (χ3v) is 3.27. The molecule has 0 radical (unpaired) electrons. The zero-order valence-electron chi connectivity index (χ0n) is 11.8. The highest BCUT2D eigenvalue weighted by atomic mass is 32.1. The van der Waals surface area contributed by atoms with Crippen molar-refractivity contribution in [3.63, 3.8) is 0 Å². The number of anilines is 2. The minimum absolute atomic E-state index is 0.249. The lowest BCUT2D eigenvalue weighted by atomic mass is 10.1. The number of rotatable bonds is 2. The van der Waals surface area contributed by atoms with E-state index in [0.29, 0.717) is 5.11 Å². The fourth-order valence-corrected chi connectivity index (χ4v) is 2.22. The zero-order valence-corrected chi connectivity index (χ0v) is 12.6. The second-order valence-electron chi connectivity index (χ2n) is 4.86. The first-order valence-electron chi connectivity index (χ1n) is 6.37. The molecule has 20 heavy (non-hydrogen) atoms. The molecule has 0 saturated carbocycles. The summed E-state index contributed by atoms with van der Waals surface area (Å²) in [5.74, 6) is -0.249. The number of aryl methyl sites for hydroxylation is 3. The van der Waals surface area contributed by atoms with Crippen LogP contribution in [0.2, 0.25) is 0 Å². The number of thiocarbonyl (C=S) groups is 1. The summed E-state index contributed by atoms with van der Waals surface area (Å²) in [5.41, 5.74) is 4.92. The van der Waals surface area contributed by atoms with Gasteiger partial charge in [0.25, 0.3) is 0 Å². The first kappa shape index (κ1) is 14.5. The van der Waals surface area contributed by atoms with Crippen LogP contribution in [0.5, 0.6) is 0 Å². The van der Waals surface area contributed by atoms with Crippen LogP contribution in [-0.4, -0.2) is 5.11 Å². The number of hydrogen-bond acceptors (Lipinski definition) is 1. The highest BCUT2D eigenvalue weighted by Crippen LogP contribution is 2.18. The second-order valence-corrected chi connectivity index (χ2v) is 5.26. The van der Waals surface area contributed by atoms with E-state index < -0.39 is 0 Å². The molecule has 0 heterocycles. The van der Waals surface area contributed by atoms with Crippen molar-refractivity contribution in [2.75, 3.05) is 10.6 Å². The molecule has 0 spiro atoms. The lowest BCUT2D eigenvalue weighted by Gasteiger charge is -2.14. The Balaban J connectivity index is 2.09. The average molecular weight is 288 g/mol. The highest BCUT2D eigenvalue weighted by Gasteiger charge is 2.04. The summed E-state index contributed by atoms with van der Waals surface area (Å²) < 4.78 is 13.0. The summed E-state index contributed by atoms with van der Waals surface area (Å²) in [7, 11) is 0. The maximum atomic E-state index is 13.0. The Morgan fingerprint density at radius 2 is 1.45 bits per heavy atom. The van der Waals surface area contributed by atoms with Crippen molar-refractivity contribution in [1.82, 2.24) is 0 Å². The smallest absolute Gasteiger partial charge is 0.175 e. The standard InChI is InChI=1S/C16H17FN2S/c1-10-4-6-14(11(2)8-10)18-16(20)19-15-7-5-13(17)9-12(15)3/h4-9H,1-3H3,(H2,18,19,20). The normalized spacial score (nSPS) is 10.2. The molecule has 104 valence electrons. The predicted molar refractivity (Wildman–Crippen MR) is 86.9 cm³/mol. The molecular formula is C16H17FN2S. The molecule has 0 amide bonds. The molecule has 2 aromatic carbocycles. The van der Waals surface area contributed by atoms with Crippen molar-refractivity contribution in [3.8, 4) is 0 Å². The Morgan fingerprint density at radius 1 is 0.900 bits per heavy atom. The van der Waals surface area contributed by atoms with E-state index in [9.17, 15) is 4.39 Å². The van der Waals surface area contributed by atoms with Crippen LogP contribution in [-0.2, 0) is 0 Å². The third-order valence-electron chi connectivity index (χ3n) is 3.07. The molecule has 2 N–H and O–H groups in total. The summed E-state index contributed by atoms with van der Waals surface area (Å²) in [6, 6.07) is 10.7. The molecule has 0 aromatic heterocycles. The second kappa shape index (κ2) is 6.01. The van der Waals surface area contributed by atoms with Gasteiger partial charge in [0.1, 0.15) is 5.82 Å². The Labute approximate surface area is 124 Å². The van der Waals surface area contributed by atoms with Crippen LogP contribution in [0.15, 0.2) is 36.4 Å². The Hall–Kier alpha value is -1.94. The van der Waals surface area contributed by atoms with E-state index in [1.807, 2.05) is 26.0 Å². The highest BCUT2D eigenvalue weighted by molar-refractivity contribution is 7.80. The van der Waals surface area contributed by atoms with Crippen LogP contribution in [0.4, 0.5) is 15.8 Å². The van der Waals surface area contributed by atoms with Crippen LogP contribution >= 0.6 is 12.2 Å². The lowest BCUT2D eigenvalue weighted by molar-refractivity contribution is 0.627. The van der Waals surface area contributed by atoms with E-state index in [4.69, 9.17) is 12.2 Å². The van der Waals surface area contributed by atoms with E-state index in [1.165, 1.54) is 17.7 Å². The summed E-state index contributed by atoms with van der Waals surface area (Å²) in [5, 5.41) is 6.73. The molecule has 0 aliphatic heterocycles. The van der Waals surface area contributed by atoms with Gasteiger partial charge in [-0.1, -0.05) is 17.7 Å². The number of halogens is 1. The van der Waals surface area contributed by atoms with Gasteiger partial charge in [0, 0.05) is 11.4 Å².